The molecule has 0 bridgehead atoms. The number of aliphatic hydroxyl groups is 4. The van der Waals surface area contributed by atoms with Gasteiger partial charge in [-0.25, -0.2) is 18.4 Å². The molecule has 2 aliphatic heterocycles. The number of alkyl halides is 2. The largest absolute Gasteiger partial charge is 0.394 e. The van der Waals surface area contributed by atoms with Gasteiger partial charge in [0.05, 0.1) is 13.2 Å². The fourth-order valence-electron chi connectivity index (χ4n) is 3.98. The van der Waals surface area contributed by atoms with Crippen LogP contribution >= 0.6 is 0 Å². The predicted octanol–water partition coefficient (Wildman–Crippen LogP) is -0.900. The van der Waals surface area contributed by atoms with Crippen LogP contribution in [0, 0.1) is 0 Å². The molecule has 0 radical (unpaired) electrons. The molecule has 2 aromatic heterocycles. The van der Waals surface area contributed by atoms with E-state index in [0.29, 0.717) is 0 Å². The van der Waals surface area contributed by atoms with Crippen LogP contribution in [0.1, 0.15) is 41.2 Å². The van der Waals surface area contributed by atoms with E-state index in [4.69, 9.17) is 30.6 Å². The van der Waals surface area contributed by atoms with Gasteiger partial charge in [-0.1, -0.05) is 14.9 Å². The summed E-state index contributed by atoms with van der Waals surface area (Å²) in [4.78, 5) is 30.2. The van der Waals surface area contributed by atoms with E-state index in [9.17, 15) is 28.6 Å². The number of aromatic nitrogens is 4. The Morgan fingerprint density at radius 2 is 1.33 bits per heavy atom. The number of hydrogen-bond acceptors (Lipinski definition) is 13. The van der Waals surface area contributed by atoms with Crippen molar-refractivity contribution in [2.45, 2.75) is 76.9 Å². The highest BCUT2D eigenvalue weighted by Crippen LogP contribution is 2.41. The molecule has 2 unspecified atom stereocenters. The normalized spacial score (nSPS) is 33.4. The Labute approximate surface area is 222 Å². The molecule has 0 aromatic carbocycles. The maximum Gasteiger partial charge on any atom is 0.351 e. The molecular formula is C22H36F2N6O9. The number of rotatable bonds is 5. The molecule has 2 fully saturated rings. The second kappa shape index (κ2) is 12.9. The predicted molar refractivity (Wildman–Crippen MR) is 133 cm³/mol. The van der Waals surface area contributed by atoms with Crippen LogP contribution in [0.4, 0.5) is 20.4 Å². The van der Waals surface area contributed by atoms with E-state index in [1.165, 1.54) is 24.5 Å². The van der Waals surface area contributed by atoms with Crippen molar-refractivity contribution in [1.82, 2.24) is 19.1 Å². The Hall–Kier alpha value is -3.06. The minimum atomic E-state index is -2.26. The molecule has 2 saturated heterocycles. The fraction of sp³-hybridized carbons (Fsp3) is 0.636. The molecule has 0 amide bonds. The van der Waals surface area contributed by atoms with Crippen molar-refractivity contribution in [2.75, 3.05) is 24.4 Å². The zero-order valence-electron chi connectivity index (χ0n) is 19.7. The number of anilines is 2. The van der Waals surface area contributed by atoms with Gasteiger partial charge in [-0.05, 0) is 26.0 Å². The van der Waals surface area contributed by atoms with Gasteiger partial charge in [-0.2, -0.15) is 9.97 Å². The summed E-state index contributed by atoms with van der Waals surface area (Å²) in [6, 6.07) is 2.55. The zero-order chi connectivity index (χ0) is 27.7. The molecule has 222 valence electrons. The number of ether oxygens (including phenoxy) is 2. The highest BCUT2D eigenvalue weighted by atomic mass is 19.1. The van der Waals surface area contributed by atoms with Gasteiger partial charge < -0.3 is 35.6 Å². The summed E-state index contributed by atoms with van der Waals surface area (Å²) in [5, 5.41) is 45.9. The molecule has 17 heteroatoms. The van der Waals surface area contributed by atoms with Crippen LogP contribution in [0.15, 0.2) is 34.1 Å². The summed E-state index contributed by atoms with van der Waals surface area (Å²) in [7, 11) is 0. The van der Waals surface area contributed by atoms with E-state index in [2.05, 4.69) is 9.97 Å². The maximum atomic E-state index is 14.4. The van der Waals surface area contributed by atoms with E-state index < -0.39 is 72.8 Å². The first-order valence-corrected chi connectivity index (χ1v) is 10.9. The number of aliphatic hydroxyl groups excluding tert-OH is 4. The van der Waals surface area contributed by atoms with Gasteiger partial charge in [-0.15, -0.1) is 0 Å². The van der Waals surface area contributed by atoms with Gasteiger partial charge in [0.25, 0.3) is 0 Å². The molecule has 2 aliphatic rings. The van der Waals surface area contributed by atoms with Crippen molar-refractivity contribution < 1.29 is 43.9 Å². The van der Waals surface area contributed by atoms with Gasteiger partial charge in [-0.3, -0.25) is 19.8 Å². The molecule has 4 heterocycles. The lowest BCUT2D eigenvalue weighted by atomic mass is 9.98. The quantitative estimate of drug-likeness (QED) is 0.218. The molecule has 2 aromatic rings. The number of nitrogen functional groups attached to an aromatic ring is 1. The lowest BCUT2D eigenvalue weighted by Crippen LogP contribution is -2.42. The lowest BCUT2D eigenvalue weighted by molar-refractivity contribution is -0.0610. The molecule has 0 spiro atoms. The summed E-state index contributed by atoms with van der Waals surface area (Å²) in [6.07, 6.45) is -5.67. The second-order valence-electron chi connectivity index (χ2n) is 8.77. The number of nitrogens with two attached hydrogens (primary N) is 1. The minimum Gasteiger partial charge on any atom is -0.394 e. The standard InChI is InChI=1S/C10H14FN3O5.C10H14FN3O4.2CH4/c1-10(11)7(16)5(4-15)19-8(10)14-3-2-6(13-18)12-9(14)17;1-10(11)7(16)5(4-15)18-8(10)14-3-2-6(12)13-9(14)17;;/h2-3,5,7-8,15-16,18H,4H2,1H3,(H,12,13,17);2-3,5,7-8,15-16H,4H2,1H3,(H2,12,13,17);2*1H4/t2*5-,7+,8-,10?;;/m11../s1. The molecule has 8 N–H and O–H groups in total. The average Bonchev–Trinajstić information content (AvgIpc) is 3.22. The number of halogens is 2. The molecular weight excluding hydrogens is 530 g/mol. The van der Waals surface area contributed by atoms with E-state index in [1.807, 2.05) is 0 Å². The molecule has 4 rings (SSSR count). The summed E-state index contributed by atoms with van der Waals surface area (Å²) >= 11 is 0. The lowest BCUT2D eigenvalue weighted by Gasteiger charge is -2.24. The van der Waals surface area contributed by atoms with Crippen LogP contribution in [0.2, 0.25) is 0 Å². The molecule has 8 atom stereocenters. The van der Waals surface area contributed by atoms with Crippen LogP contribution in [0.25, 0.3) is 0 Å². The Bertz CT molecular complexity index is 1210. The smallest absolute Gasteiger partial charge is 0.351 e. The van der Waals surface area contributed by atoms with Crippen LogP contribution in [-0.4, -0.2) is 93.7 Å². The molecule has 15 nitrogen and oxygen atoms in total. The summed E-state index contributed by atoms with van der Waals surface area (Å²) in [5.74, 6) is -0.0897. The summed E-state index contributed by atoms with van der Waals surface area (Å²) < 4.78 is 40.8. The zero-order valence-corrected chi connectivity index (χ0v) is 19.7. The van der Waals surface area contributed by atoms with Crippen LogP contribution in [0.3, 0.4) is 0 Å². The van der Waals surface area contributed by atoms with Gasteiger partial charge in [0, 0.05) is 12.4 Å². The van der Waals surface area contributed by atoms with Gasteiger partial charge in [0.1, 0.15) is 30.2 Å². The second-order valence-corrected chi connectivity index (χ2v) is 8.77. The Balaban J connectivity index is 0.000000371. The van der Waals surface area contributed by atoms with Crippen LogP contribution in [-0.2, 0) is 9.47 Å². The van der Waals surface area contributed by atoms with Crippen molar-refractivity contribution in [1.29, 1.82) is 0 Å². The van der Waals surface area contributed by atoms with Crippen molar-refractivity contribution in [3.05, 3.63) is 45.5 Å². The third-order valence-electron chi connectivity index (χ3n) is 6.10. The van der Waals surface area contributed by atoms with Crippen LogP contribution in [0.5, 0.6) is 0 Å². The minimum absolute atomic E-state index is 0. The van der Waals surface area contributed by atoms with Crippen LogP contribution < -0.4 is 22.6 Å². The fourth-order valence-corrected chi connectivity index (χ4v) is 3.98. The van der Waals surface area contributed by atoms with Crippen molar-refractivity contribution in [3.63, 3.8) is 0 Å². The first-order valence-electron chi connectivity index (χ1n) is 10.9. The van der Waals surface area contributed by atoms with E-state index in [-0.39, 0.29) is 26.5 Å². The molecule has 0 aliphatic carbocycles. The van der Waals surface area contributed by atoms with E-state index >= 15 is 0 Å². The summed E-state index contributed by atoms with van der Waals surface area (Å²) in [6.45, 7) is 1.05. The SMILES string of the molecule is C.C.CC1(F)[C@@H](O)[C@@H](CO)O[C@H]1n1ccc(N)nc1=O.CC1(F)[C@@H](O)[C@@H](CO)O[C@H]1n1ccc(NO)nc1=O. The molecule has 0 saturated carbocycles. The first kappa shape index (κ1) is 34.0. The van der Waals surface area contributed by atoms with Gasteiger partial charge >= 0.3 is 11.4 Å². The van der Waals surface area contributed by atoms with Crippen molar-refractivity contribution in [3.8, 4) is 0 Å². The maximum absolute atomic E-state index is 14.4. The third kappa shape index (κ3) is 6.40. The van der Waals surface area contributed by atoms with E-state index in [1.54, 1.807) is 5.48 Å². The Morgan fingerprint density at radius 3 is 1.67 bits per heavy atom. The average molecular weight is 567 g/mol. The van der Waals surface area contributed by atoms with Crippen molar-refractivity contribution >= 4 is 11.6 Å². The van der Waals surface area contributed by atoms with Crippen molar-refractivity contribution in [2.24, 2.45) is 0 Å². The number of nitrogens with one attached hydrogen (secondary N) is 1. The van der Waals surface area contributed by atoms with Gasteiger partial charge in [0.15, 0.2) is 29.6 Å². The number of nitrogens with zero attached hydrogens (tertiary/aromatic N) is 4. The van der Waals surface area contributed by atoms with Gasteiger partial charge in [0.2, 0.25) is 0 Å². The Morgan fingerprint density at radius 1 is 0.923 bits per heavy atom. The molecule has 39 heavy (non-hydrogen) atoms. The summed E-state index contributed by atoms with van der Waals surface area (Å²) in [5.41, 5.74) is 0.898. The highest BCUT2D eigenvalue weighted by Gasteiger charge is 2.56. The monoisotopic (exact) mass is 566 g/mol. The third-order valence-corrected chi connectivity index (χ3v) is 6.10. The highest BCUT2D eigenvalue weighted by molar-refractivity contribution is 5.28. The number of hydrogen-bond donors (Lipinski definition) is 7. The first-order chi connectivity index (χ1) is 17.3. The van der Waals surface area contributed by atoms with E-state index in [0.717, 1.165) is 23.0 Å². The topological polar surface area (TPSA) is 227 Å². The Kier molecular flexibility index (Phi) is 11.2.